The highest BCUT2D eigenvalue weighted by Crippen LogP contribution is 2.15. The number of hydrogen-bond acceptors (Lipinski definition) is 4. The van der Waals surface area contributed by atoms with Crippen LogP contribution in [0.5, 0.6) is 0 Å². The molecule has 0 heterocycles. The maximum Gasteiger partial charge on any atom is 0.335 e. The predicted octanol–water partition coefficient (Wildman–Crippen LogP) is 2.30. The standard InChI is InChI=1S/C12H16O4S2/c1-2-17-7-4-8-18(15,16)11-6-3-5-10(9-11)12(13)14/h3,5-6,9H,2,4,7-8H2,1H3,(H,13,14). The van der Waals surface area contributed by atoms with E-state index in [0.717, 1.165) is 11.5 Å². The normalized spacial score (nSPS) is 11.4. The molecule has 1 N–H and O–H groups in total. The van der Waals surface area contributed by atoms with Crippen molar-refractivity contribution in [1.29, 1.82) is 0 Å². The second kappa shape index (κ2) is 6.80. The third-order valence-corrected chi connectivity index (χ3v) is 5.13. The largest absolute Gasteiger partial charge is 0.478 e. The van der Waals surface area contributed by atoms with Gasteiger partial charge in [0, 0.05) is 0 Å². The third-order valence-electron chi connectivity index (χ3n) is 2.35. The van der Waals surface area contributed by atoms with Gasteiger partial charge < -0.3 is 5.11 Å². The summed E-state index contributed by atoms with van der Waals surface area (Å²) < 4.78 is 23.9. The number of rotatable bonds is 7. The van der Waals surface area contributed by atoms with E-state index in [4.69, 9.17) is 5.11 Å². The van der Waals surface area contributed by atoms with Crippen LogP contribution in [-0.4, -0.2) is 36.8 Å². The minimum absolute atomic E-state index is 0.000918. The fourth-order valence-corrected chi connectivity index (χ4v) is 3.61. The molecule has 0 saturated carbocycles. The molecule has 1 aromatic rings. The first-order valence-electron chi connectivity index (χ1n) is 5.61. The summed E-state index contributed by atoms with van der Waals surface area (Å²) in [5.41, 5.74) is -0.000918. The van der Waals surface area contributed by atoms with Crippen LogP contribution in [0.3, 0.4) is 0 Å². The van der Waals surface area contributed by atoms with Gasteiger partial charge in [-0.2, -0.15) is 11.8 Å². The molecule has 18 heavy (non-hydrogen) atoms. The molecule has 0 aliphatic carbocycles. The molecule has 0 saturated heterocycles. The Morgan fingerprint density at radius 2 is 2.11 bits per heavy atom. The van der Waals surface area contributed by atoms with Crippen LogP contribution < -0.4 is 0 Å². The Morgan fingerprint density at radius 3 is 2.72 bits per heavy atom. The lowest BCUT2D eigenvalue weighted by Crippen LogP contribution is -2.09. The molecule has 0 bridgehead atoms. The number of thioether (sulfide) groups is 1. The summed E-state index contributed by atoms with van der Waals surface area (Å²) in [6, 6.07) is 5.49. The van der Waals surface area contributed by atoms with Gasteiger partial charge >= 0.3 is 5.97 Å². The molecule has 1 aromatic carbocycles. The first-order valence-corrected chi connectivity index (χ1v) is 8.42. The van der Waals surface area contributed by atoms with E-state index in [1.165, 1.54) is 24.3 Å². The highest BCUT2D eigenvalue weighted by molar-refractivity contribution is 7.99. The minimum Gasteiger partial charge on any atom is -0.478 e. The molecular formula is C12H16O4S2. The van der Waals surface area contributed by atoms with E-state index < -0.39 is 15.8 Å². The van der Waals surface area contributed by atoms with Crippen molar-refractivity contribution in [3.8, 4) is 0 Å². The summed E-state index contributed by atoms with van der Waals surface area (Å²) >= 11 is 1.69. The molecule has 0 aliphatic rings. The molecule has 0 unspecified atom stereocenters. The van der Waals surface area contributed by atoms with Crippen LogP contribution in [0.15, 0.2) is 29.2 Å². The summed E-state index contributed by atoms with van der Waals surface area (Å²) in [6.45, 7) is 2.02. The zero-order chi connectivity index (χ0) is 13.6. The first-order chi connectivity index (χ1) is 8.47. The number of carboxylic acid groups (broad SMARTS) is 1. The number of carboxylic acids is 1. The van der Waals surface area contributed by atoms with E-state index in [0.29, 0.717) is 6.42 Å². The fourth-order valence-electron chi connectivity index (χ4n) is 1.44. The van der Waals surface area contributed by atoms with Gasteiger partial charge in [-0.05, 0) is 36.1 Å². The highest BCUT2D eigenvalue weighted by atomic mass is 32.2. The molecule has 0 spiro atoms. The number of aromatic carboxylic acids is 1. The topological polar surface area (TPSA) is 71.4 Å². The Morgan fingerprint density at radius 1 is 1.39 bits per heavy atom. The summed E-state index contributed by atoms with van der Waals surface area (Å²) in [5, 5.41) is 8.82. The van der Waals surface area contributed by atoms with Gasteiger partial charge in [-0.3, -0.25) is 0 Å². The quantitative estimate of drug-likeness (QED) is 0.779. The van der Waals surface area contributed by atoms with Gasteiger partial charge in [0.15, 0.2) is 9.84 Å². The second-order valence-corrected chi connectivity index (χ2v) is 7.21. The van der Waals surface area contributed by atoms with Crippen LogP contribution in [-0.2, 0) is 9.84 Å². The van der Waals surface area contributed by atoms with Gasteiger partial charge in [0.25, 0.3) is 0 Å². The van der Waals surface area contributed by atoms with Crippen molar-refractivity contribution in [2.24, 2.45) is 0 Å². The predicted molar refractivity (Wildman–Crippen MR) is 73.1 cm³/mol. The fraction of sp³-hybridized carbons (Fsp3) is 0.417. The number of carbonyl (C=O) groups is 1. The number of sulfone groups is 1. The summed E-state index contributed by atoms with van der Waals surface area (Å²) in [5.74, 6) is 0.708. The van der Waals surface area contributed by atoms with Crippen molar-refractivity contribution in [2.45, 2.75) is 18.2 Å². The molecule has 0 radical (unpaired) electrons. The van der Waals surface area contributed by atoms with Crippen molar-refractivity contribution in [3.05, 3.63) is 29.8 Å². The van der Waals surface area contributed by atoms with Crippen LogP contribution in [0, 0.1) is 0 Å². The molecule has 6 heteroatoms. The smallest absolute Gasteiger partial charge is 0.335 e. The minimum atomic E-state index is -3.37. The average Bonchev–Trinajstić information content (AvgIpc) is 2.35. The highest BCUT2D eigenvalue weighted by Gasteiger charge is 2.15. The number of hydrogen-bond donors (Lipinski definition) is 1. The van der Waals surface area contributed by atoms with Crippen molar-refractivity contribution < 1.29 is 18.3 Å². The first kappa shape index (κ1) is 15.0. The monoisotopic (exact) mass is 288 g/mol. The zero-order valence-corrected chi connectivity index (χ0v) is 11.8. The Kier molecular flexibility index (Phi) is 5.68. The average molecular weight is 288 g/mol. The van der Waals surface area contributed by atoms with Gasteiger partial charge in [-0.1, -0.05) is 13.0 Å². The maximum atomic E-state index is 12.0. The van der Waals surface area contributed by atoms with Gasteiger partial charge in [-0.25, -0.2) is 13.2 Å². The van der Waals surface area contributed by atoms with E-state index in [1.54, 1.807) is 11.8 Å². The van der Waals surface area contributed by atoms with Crippen molar-refractivity contribution >= 4 is 27.6 Å². The summed E-state index contributed by atoms with van der Waals surface area (Å²) in [7, 11) is -3.37. The maximum absolute atomic E-state index is 12.0. The van der Waals surface area contributed by atoms with Crippen molar-refractivity contribution in [3.63, 3.8) is 0 Å². The second-order valence-electron chi connectivity index (χ2n) is 3.70. The Labute approximate surface area is 111 Å². The third kappa shape index (κ3) is 4.34. The van der Waals surface area contributed by atoms with Crippen LogP contribution in [0.1, 0.15) is 23.7 Å². The van der Waals surface area contributed by atoms with Gasteiger partial charge in [0.1, 0.15) is 0 Å². The summed E-state index contributed by atoms with van der Waals surface area (Å²) in [6.07, 6.45) is 0.581. The van der Waals surface area contributed by atoms with E-state index in [9.17, 15) is 13.2 Å². The van der Waals surface area contributed by atoms with E-state index in [1.807, 2.05) is 6.92 Å². The van der Waals surface area contributed by atoms with Crippen LogP contribution >= 0.6 is 11.8 Å². The molecule has 0 aliphatic heterocycles. The molecule has 0 fully saturated rings. The SMILES string of the molecule is CCSCCCS(=O)(=O)c1cccc(C(=O)O)c1. The molecule has 100 valence electrons. The lowest BCUT2D eigenvalue weighted by atomic mass is 10.2. The Bertz CT molecular complexity index is 509. The molecule has 4 nitrogen and oxygen atoms in total. The van der Waals surface area contributed by atoms with Crippen molar-refractivity contribution in [1.82, 2.24) is 0 Å². The zero-order valence-electron chi connectivity index (χ0n) is 10.1. The van der Waals surface area contributed by atoms with Gasteiger partial charge in [0.05, 0.1) is 16.2 Å². The molecule has 1 rings (SSSR count). The Balaban J connectivity index is 2.78. The number of benzene rings is 1. The van der Waals surface area contributed by atoms with Crippen LogP contribution in [0.25, 0.3) is 0 Å². The molecule has 0 amide bonds. The van der Waals surface area contributed by atoms with E-state index in [-0.39, 0.29) is 16.2 Å². The lowest BCUT2D eigenvalue weighted by Gasteiger charge is -2.05. The van der Waals surface area contributed by atoms with Crippen LogP contribution in [0.4, 0.5) is 0 Å². The van der Waals surface area contributed by atoms with Gasteiger partial charge in [-0.15, -0.1) is 0 Å². The Hall–Kier alpha value is -1.01. The molecule has 0 atom stereocenters. The van der Waals surface area contributed by atoms with E-state index >= 15 is 0 Å². The summed E-state index contributed by atoms with van der Waals surface area (Å²) in [4.78, 5) is 10.9. The van der Waals surface area contributed by atoms with Gasteiger partial charge in [0.2, 0.25) is 0 Å². The van der Waals surface area contributed by atoms with Crippen molar-refractivity contribution in [2.75, 3.05) is 17.3 Å². The van der Waals surface area contributed by atoms with Crippen LogP contribution in [0.2, 0.25) is 0 Å². The molecule has 0 aromatic heterocycles. The molecular weight excluding hydrogens is 272 g/mol. The van der Waals surface area contributed by atoms with E-state index in [2.05, 4.69) is 0 Å². The lowest BCUT2D eigenvalue weighted by molar-refractivity contribution is 0.0696.